The second kappa shape index (κ2) is 13.2. The maximum absolute atomic E-state index is 13.4. The van der Waals surface area contributed by atoms with Gasteiger partial charge in [-0.15, -0.1) is 11.3 Å². The zero-order valence-electron chi connectivity index (χ0n) is 23.4. The van der Waals surface area contributed by atoms with Crippen molar-refractivity contribution in [1.29, 1.82) is 0 Å². The molecule has 3 atom stereocenters. The molecule has 0 spiro atoms. The summed E-state index contributed by atoms with van der Waals surface area (Å²) in [6.07, 6.45) is 6.44. The van der Waals surface area contributed by atoms with Crippen molar-refractivity contribution in [2.24, 2.45) is 0 Å². The number of hydrogen-bond acceptors (Lipinski definition) is 9. The van der Waals surface area contributed by atoms with E-state index in [1.807, 2.05) is 4.90 Å². The average molecular weight is 639 g/mol. The van der Waals surface area contributed by atoms with Gasteiger partial charge in [0, 0.05) is 68.2 Å². The lowest BCUT2D eigenvalue weighted by molar-refractivity contribution is -0.143. The van der Waals surface area contributed by atoms with Crippen LogP contribution in [0.4, 0.5) is 0 Å². The van der Waals surface area contributed by atoms with Crippen LogP contribution in [0.3, 0.4) is 0 Å². The van der Waals surface area contributed by atoms with Crippen LogP contribution < -0.4 is 4.72 Å². The Morgan fingerprint density at radius 2 is 2.00 bits per heavy atom. The van der Waals surface area contributed by atoms with Crippen LogP contribution in [0.1, 0.15) is 47.5 Å². The molecule has 3 aliphatic heterocycles. The van der Waals surface area contributed by atoms with Gasteiger partial charge in [0.25, 0.3) is 5.91 Å². The smallest absolute Gasteiger partial charge is 0.292 e. The number of thiophene rings is 1. The van der Waals surface area contributed by atoms with Crippen molar-refractivity contribution < 1.29 is 27.3 Å². The highest BCUT2D eigenvalue weighted by Gasteiger charge is 2.37. The first-order valence-electron chi connectivity index (χ1n) is 14.0. The first-order valence-corrected chi connectivity index (χ1v) is 16.8. The Morgan fingerprint density at radius 1 is 1.19 bits per heavy atom. The van der Waals surface area contributed by atoms with E-state index in [9.17, 15) is 22.8 Å². The fraction of sp³-hybridized carbons (Fsp3) is 0.556. The van der Waals surface area contributed by atoms with E-state index in [0.29, 0.717) is 48.2 Å². The van der Waals surface area contributed by atoms with Gasteiger partial charge in [0.1, 0.15) is 6.04 Å². The Morgan fingerprint density at radius 3 is 2.74 bits per heavy atom. The molecule has 12 nitrogen and oxygen atoms in total. The molecule has 1 unspecified atom stereocenters. The number of sulfonamides is 1. The molecule has 2 aromatic heterocycles. The number of amides is 3. The molecule has 3 saturated heterocycles. The minimum atomic E-state index is -3.87. The van der Waals surface area contributed by atoms with Gasteiger partial charge in [0.05, 0.1) is 17.1 Å². The molecule has 5 heterocycles. The van der Waals surface area contributed by atoms with Crippen LogP contribution >= 0.6 is 22.9 Å². The standard InChI is InChI=1S/C27H35ClN6O6S2/c1-31(27(37)23-8-11-29-40-23)19-9-14-32(16-19)17-20-4-2-13-34(20)25(35)18-33-12-3-5-22(26(33)36)30-42(38,39)15-10-21-6-7-24(28)41-21/h6-8,10-11,15,19-20,22,30H,2-5,9,12-14,16-18H2,1H3/t19?,20-,22-/m0/s1. The van der Waals surface area contributed by atoms with Crippen LogP contribution in [0.5, 0.6) is 0 Å². The summed E-state index contributed by atoms with van der Waals surface area (Å²) in [6.45, 7) is 3.18. The van der Waals surface area contributed by atoms with Crippen molar-refractivity contribution in [2.45, 2.75) is 50.2 Å². The second-order valence-electron chi connectivity index (χ2n) is 10.9. The van der Waals surface area contributed by atoms with Gasteiger partial charge in [0.2, 0.25) is 27.6 Å². The van der Waals surface area contributed by atoms with Gasteiger partial charge in [-0.25, -0.2) is 8.42 Å². The number of aromatic nitrogens is 1. The molecular weight excluding hydrogens is 604 g/mol. The highest BCUT2D eigenvalue weighted by molar-refractivity contribution is 7.92. The highest BCUT2D eigenvalue weighted by atomic mass is 35.5. The predicted molar refractivity (Wildman–Crippen MR) is 158 cm³/mol. The normalized spacial score (nSPS) is 23.8. The quantitative estimate of drug-likeness (QED) is 0.418. The number of hydrogen-bond donors (Lipinski definition) is 1. The van der Waals surface area contributed by atoms with Crippen molar-refractivity contribution in [1.82, 2.24) is 29.5 Å². The van der Waals surface area contributed by atoms with E-state index in [0.717, 1.165) is 31.2 Å². The number of carbonyl (C=O) groups excluding carboxylic acids is 3. The van der Waals surface area contributed by atoms with E-state index in [-0.39, 0.29) is 42.1 Å². The number of halogens is 1. The molecule has 0 aliphatic carbocycles. The number of rotatable bonds is 10. The lowest BCUT2D eigenvalue weighted by Crippen LogP contribution is -2.55. The lowest BCUT2D eigenvalue weighted by Gasteiger charge is -2.34. The third kappa shape index (κ3) is 7.40. The van der Waals surface area contributed by atoms with Crippen molar-refractivity contribution in [2.75, 3.05) is 46.3 Å². The first-order chi connectivity index (χ1) is 20.1. The van der Waals surface area contributed by atoms with Gasteiger partial charge in [-0.1, -0.05) is 16.8 Å². The molecule has 3 aliphatic rings. The average Bonchev–Trinajstić information content (AvgIpc) is 3.77. The molecule has 0 bridgehead atoms. The van der Waals surface area contributed by atoms with Crippen molar-refractivity contribution in [3.05, 3.63) is 44.8 Å². The SMILES string of the molecule is CN(C(=O)c1ccno1)C1CCN(C[C@@H]2CCCN2C(=O)CN2CCC[C@H](NS(=O)(=O)C=Cc3ccc(Cl)s3)C2=O)C1. The van der Waals surface area contributed by atoms with Crippen LogP contribution in [0.25, 0.3) is 6.08 Å². The third-order valence-electron chi connectivity index (χ3n) is 8.10. The Labute approximate surface area is 254 Å². The zero-order valence-corrected chi connectivity index (χ0v) is 25.7. The summed E-state index contributed by atoms with van der Waals surface area (Å²) in [5.41, 5.74) is 0. The van der Waals surface area contributed by atoms with Gasteiger partial charge < -0.3 is 19.2 Å². The second-order valence-corrected chi connectivity index (χ2v) is 14.3. The minimum absolute atomic E-state index is 0.0246. The summed E-state index contributed by atoms with van der Waals surface area (Å²) in [4.78, 5) is 47.2. The van der Waals surface area contributed by atoms with Gasteiger partial charge in [-0.3, -0.25) is 19.3 Å². The van der Waals surface area contributed by atoms with E-state index in [1.165, 1.54) is 28.5 Å². The Bertz CT molecular complexity index is 1410. The van der Waals surface area contributed by atoms with Crippen LogP contribution in [-0.4, -0.2) is 115 Å². The predicted octanol–water partition coefficient (Wildman–Crippen LogP) is 2.11. The molecule has 228 valence electrons. The molecular formula is C27H35ClN6O6S2. The molecule has 15 heteroatoms. The molecule has 42 heavy (non-hydrogen) atoms. The van der Waals surface area contributed by atoms with E-state index in [1.54, 1.807) is 30.1 Å². The largest absolute Gasteiger partial charge is 0.351 e. The zero-order chi connectivity index (χ0) is 29.9. The Balaban J connectivity index is 1.12. The van der Waals surface area contributed by atoms with Crippen LogP contribution in [0, 0.1) is 0 Å². The topological polar surface area (TPSA) is 136 Å². The summed E-state index contributed by atoms with van der Waals surface area (Å²) in [6, 6.07) is 4.10. The van der Waals surface area contributed by atoms with Crippen molar-refractivity contribution in [3.8, 4) is 0 Å². The monoisotopic (exact) mass is 638 g/mol. The Hall–Kier alpha value is -2.78. The van der Waals surface area contributed by atoms with Gasteiger partial charge in [0.15, 0.2) is 0 Å². The highest BCUT2D eigenvalue weighted by Crippen LogP contribution is 2.25. The summed E-state index contributed by atoms with van der Waals surface area (Å²) in [5, 5.41) is 4.65. The summed E-state index contributed by atoms with van der Waals surface area (Å²) >= 11 is 7.15. The molecule has 1 N–H and O–H groups in total. The van der Waals surface area contributed by atoms with Gasteiger partial charge in [-0.2, -0.15) is 4.72 Å². The van der Waals surface area contributed by atoms with E-state index < -0.39 is 16.1 Å². The van der Waals surface area contributed by atoms with E-state index in [4.69, 9.17) is 16.1 Å². The summed E-state index contributed by atoms with van der Waals surface area (Å²) < 4.78 is 33.3. The molecule has 0 saturated carbocycles. The van der Waals surface area contributed by atoms with Crippen LogP contribution in [-0.2, 0) is 19.6 Å². The van der Waals surface area contributed by atoms with Crippen molar-refractivity contribution >= 4 is 56.8 Å². The fourth-order valence-corrected chi connectivity index (χ4v) is 7.95. The number of likely N-dealkylation sites (tertiary alicyclic amines) is 3. The third-order valence-corrected chi connectivity index (χ3v) is 10.4. The summed E-state index contributed by atoms with van der Waals surface area (Å²) in [5.74, 6) is -0.501. The molecule has 5 rings (SSSR count). The molecule has 0 aromatic carbocycles. The van der Waals surface area contributed by atoms with Crippen LogP contribution in [0.2, 0.25) is 4.34 Å². The number of piperidine rings is 1. The van der Waals surface area contributed by atoms with E-state index >= 15 is 0 Å². The number of carbonyl (C=O) groups is 3. The number of nitrogens with one attached hydrogen (secondary N) is 1. The lowest BCUT2D eigenvalue weighted by atomic mass is 10.1. The molecule has 2 aromatic rings. The van der Waals surface area contributed by atoms with Crippen molar-refractivity contribution in [3.63, 3.8) is 0 Å². The maximum atomic E-state index is 13.4. The maximum Gasteiger partial charge on any atom is 0.292 e. The van der Waals surface area contributed by atoms with Gasteiger partial charge >= 0.3 is 0 Å². The molecule has 0 radical (unpaired) electrons. The molecule has 3 fully saturated rings. The van der Waals surface area contributed by atoms with E-state index in [2.05, 4.69) is 14.8 Å². The number of nitrogens with zero attached hydrogens (tertiary/aromatic N) is 5. The minimum Gasteiger partial charge on any atom is -0.351 e. The number of likely N-dealkylation sites (N-methyl/N-ethyl adjacent to an activating group) is 1. The summed E-state index contributed by atoms with van der Waals surface area (Å²) in [7, 11) is -2.10. The fourth-order valence-electron chi connectivity index (χ4n) is 5.88. The Kier molecular flexibility index (Phi) is 9.67. The van der Waals surface area contributed by atoms with Gasteiger partial charge in [-0.05, 0) is 50.3 Å². The molecule has 3 amide bonds. The van der Waals surface area contributed by atoms with Crippen LogP contribution in [0.15, 0.2) is 34.3 Å². The first kappa shape index (κ1) is 30.7.